The van der Waals surface area contributed by atoms with E-state index >= 15 is 0 Å². The third-order valence-corrected chi connectivity index (χ3v) is 4.65. The fourth-order valence-corrected chi connectivity index (χ4v) is 3.27. The lowest BCUT2D eigenvalue weighted by atomic mass is 9.87. The predicted octanol–water partition coefficient (Wildman–Crippen LogP) is 4.35. The van der Waals surface area contributed by atoms with E-state index in [4.69, 9.17) is 4.74 Å². The van der Waals surface area contributed by atoms with E-state index in [2.05, 4.69) is 23.5 Å². The lowest BCUT2D eigenvalue weighted by Crippen LogP contribution is -2.40. The maximum Gasteiger partial charge on any atom is 0.261 e. The maximum absolute atomic E-state index is 12.7. The van der Waals surface area contributed by atoms with Gasteiger partial charge in [0, 0.05) is 0 Å². The standard InChI is InChI=1S/C21H25NO2/c1-3-20(24-17-13-11-15(2)12-14-17)21(23)22-19-10-6-8-16-7-4-5-9-18(16)19/h4-5,7,9,11-14,19-20H,3,6,8,10H2,1-2H3,(H,22,23)/t19-,20-/m0/s1. The van der Waals surface area contributed by atoms with Gasteiger partial charge in [0.15, 0.2) is 6.10 Å². The van der Waals surface area contributed by atoms with Gasteiger partial charge in [-0.3, -0.25) is 4.79 Å². The number of ether oxygens (including phenoxy) is 1. The fourth-order valence-electron chi connectivity index (χ4n) is 3.27. The first-order valence-corrected chi connectivity index (χ1v) is 8.79. The van der Waals surface area contributed by atoms with E-state index in [9.17, 15) is 4.79 Å². The highest BCUT2D eigenvalue weighted by molar-refractivity contribution is 5.81. The second kappa shape index (κ2) is 7.52. The Morgan fingerprint density at radius 1 is 1.21 bits per heavy atom. The number of carbonyl (C=O) groups excluding carboxylic acids is 1. The lowest BCUT2D eigenvalue weighted by molar-refractivity contribution is -0.129. The molecule has 3 heteroatoms. The number of nitrogens with one attached hydrogen (secondary N) is 1. The summed E-state index contributed by atoms with van der Waals surface area (Å²) in [5, 5.41) is 3.19. The average molecular weight is 323 g/mol. The van der Waals surface area contributed by atoms with Crippen LogP contribution in [-0.2, 0) is 11.2 Å². The molecule has 2 atom stereocenters. The molecule has 0 heterocycles. The van der Waals surface area contributed by atoms with E-state index in [0.29, 0.717) is 6.42 Å². The van der Waals surface area contributed by atoms with Gasteiger partial charge in [0.25, 0.3) is 5.91 Å². The second-order valence-electron chi connectivity index (χ2n) is 6.48. The van der Waals surface area contributed by atoms with Crippen molar-refractivity contribution in [3.8, 4) is 5.75 Å². The monoisotopic (exact) mass is 323 g/mol. The van der Waals surface area contributed by atoms with Crippen LogP contribution in [0, 0.1) is 6.92 Å². The summed E-state index contributed by atoms with van der Waals surface area (Å²) >= 11 is 0. The van der Waals surface area contributed by atoms with Crippen LogP contribution in [0.3, 0.4) is 0 Å². The molecule has 24 heavy (non-hydrogen) atoms. The van der Waals surface area contributed by atoms with Crippen molar-refractivity contribution in [1.29, 1.82) is 0 Å². The predicted molar refractivity (Wildman–Crippen MR) is 96.1 cm³/mol. The third kappa shape index (κ3) is 3.78. The molecule has 2 aromatic rings. The van der Waals surface area contributed by atoms with Crippen LogP contribution in [0.1, 0.15) is 48.9 Å². The van der Waals surface area contributed by atoms with Crippen LogP contribution < -0.4 is 10.1 Å². The summed E-state index contributed by atoms with van der Waals surface area (Å²) in [7, 11) is 0. The Hall–Kier alpha value is -2.29. The molecule has 0 saturated heterocycles. The van der Waals surface area contributed by atoms with Crippen molar-refractivity contribution >= 4 is 5.91 Å². The SMILES string of the molecule is CC[C@H](Oc1ccc(C)cc1)C(=O)N[C@H]1CCCc2ccccc21. The normalized spacial score (nSPS) is 17.7. The van der Waals surface area contributed by atoms with E-state index in [0.717, 1.165) is 25.0 Å². The molecular weight excluding hydrogens is 298 g/mol. The topological polar surface area (TPSA) is 38.3 Å². The molecule has 0 bridgehead atoms. The van der Waals surface area contributed by atoms with Gasteiger partial charge in [-0.2, -0.15) is 0 Å². The van der Waals surface area contributed by atoms with E-state index < -0.39 is 6.10 Å². The molecular formula is C21H25NO2. The zero-order valence-electron chi connectivity index (χ0n) is 14.4. The molecule has 1 aliphatic carbocycles. The highest BCUT2D eigenvalue weighted by Gasteiger charge is 2.25. The molecule has 0 spiro atoms. The van der Waals surface area contributed by atoms with Gasteiger partial charge in [-0.25, -0.2) is 0 Å². The number of hydrogen-bond donors (Lipinski definition) is 1. The van der Waals surface area contributed by atoms with E-state index in [1.54, 1.807) is 0 Å². The summed E-state index contributed by atoms with van der Waals surface area (Å²) in [6.07, 6.45) is 3.39. The summed E-state index contributed by atoms with van der Waals surface area (Å²) in [6.45, 7) is 4.02. The van der Waals surface area contributed by atoms with Crippen molar-refractivity contribution in [2.75, 3.05) is 0 Å². The smallest absolute Gasteiger partial charge is 0.261 e. The second-order valence-corrected chi connectivity index (χ2v) is 6.48. The van der Waals surface area contributed by atoms with E-state index in [1.165, 1.54) is 16.7 Å². The Bertz CT molecular complexity index is 693. The minimum absolute atomic E-state index is 0.0280. The summed E-state index contributed by atoms with van der Waals surface area (Å²) in [4.78, 5) is 12.7. The summed E-state index contributed by atoms with van der Waals surface area (Å²) < 4.78 is 5.90. The van der Waals surface area contributed by atoms with Gasteiger partial charge in [0.2, 0.25) is 0 Å². The van der Waals surface area contributed by atoms with Crippen molar-refractivity contribution in [1.82, 2.24) is 5.32 Å². The van der Waals surface area contributed by atoms with Gasteiger partial charge in [0.05, 0.1) is 6.04 Å². The molecule has 0 aromatic heterocycles. The number of hydrogen-bond acceptors (Lipinski definition) is 2. The Morgan fingerprint density at radius 2 is 1.96 bits per heavy atom. The van der Waals surface area contributed by atoms with E-state index in [1.807, 2.05) is 44.2 Å². The Kier molecular flexibility index (Phi) is 5.19. The van der Waals surface area contributed by atoms with Crippen LogP contribution in [0.5, 0.6) is 5.75 Å². The Labute approximate surface area is 144 Å². The van der Waals surface area contributed by atoms with Crippen molar-refractivity contribution in [2.45, 2.75) is 51.7 Å². The van der Waals surface area contributed by atoms with Gasteiger partial charge in [-0.05, 0) is 55.9 Å². The van der Waals surface area contributed by atoms with Crippen LogP contribution in [-0.4, -0.2) is 12.0 Å². The fraction of sp³-hybridized carbons (Fsp3) is 0.381. The first-order chi connectivity index (χ1) is 11.7. The number of amides is 1. The number of rotatable bonds is 5. The molecule has 2 aromatic carbocycles. The van der Waals surface area contributed by atoms with Crippen LogP contribution in [0.2, 0.25) is 0 Å². The van der Waals surface area contributed by atoms with Gasteiger partial charge in [-0.1, -0.05) is 48.9 Å². The van der Waals surface area contributed by atoms with E-state index in [-0.39, 0.29) is 11.9 Å². The van der Waals surface area contributed by atoms with Crippen molar-refractivity contribution in [2.24, 2.45) is 0 Å². The highest BCUT2D eigenvalue weighted by atomic mass is 16.5. The number of fused-ring (bicyclic) bond motifs is 1. The van der Waals surface area contributed by atoms with Crippen molar-refractivity contribution in [3.63, 3.8) is 0 Å². The number of carbonyl (C=O) groups is 1. The molecule has 3 rings (SSSR count). The lowest BCUT2D eigenvalue weighted by Gasteiger charge is -2.28. The highest BCUT2D eigenvalue weighted by Crippen LogP contribution is 2.29. The molecule has 0 aliphatic heterocycles. The summed E-state index contributed by atoms with van der Waals surface area (Å²) in [6, 6.07) is 16.3. The maximum atomic E-state index is 12.7. The van der Waals surface area contributed by atoms with Gasteiger partial charge >= 0.3 is 0 Å². The Morgan fingerprint density at radius 3 is 2.71 bits per heavy atom. The molecule has 1 aliphatic rings. The van der Waals surface area contributed by atoms with Crippen molar-refractivity contribution in [3.05, 3.63) is 65.2 Å². The third-order valence-electron chi connectivity index (χ3n) is 4.65. The average Bonchev–Trinajstić information content (AvgIpc) is 2.61. The molecule has 0 fully saturated rings. The van der Waals surface area contributed by atoms with Crippen LogP contribution in [0.25, 0.3) is 0 Å². The molecule has 0 radical (unpaired) electrons. The quantitative estimate of drug-likeness (QED) is 0.888. The largest absolute Gasteiger partial charge is 0.481 e. The Balaban J connectivity index is 1.68. The minimum atomic E-state index is -0.457. The van der Waals surface area contributed by atoms with Crippen molar-refractivity contribution < 1.29 is 9.53 Å². The molecule has 1 amide bonds. The molecule has 0 unspecified atom stereocenters. The molecule has 0 saturated carbocycles. The first kappa shape index (κ1) is 16.6. The summed E-state index contributed by atoms with van der Waals surface area (Å²) in [5.41, 5.74) is 3.78. The summed E-state index contributed by atoms with van der Waals surface area (Å²) in [5.74, 6) is 0.714. The zero-order chi connectivity index (χ0) is 16.9. The van der Waals surface area contributed by atoms with Gasteiger partial charge in [0.1, 0.15) is 5.75 Å². The number of benzene rings is 2. The minimum Gasteiger partial charge on any atom is -0.481 e. The van der Waals surface area contributed by atoms with Gasteiger partial charge in [-0.15, -0.1) is 0 Å². The van der Waals surface area contributed by atoms with Crippen LogP contribution >= 0.6 is 0 Å². The zero-order valence-corrected chi connectivity index (χ0v) is 14.4. The molecule has 126 valence electrons. The molecule has 3 nitrogen and oxygen atoms in total. The first-order valence-electron chi connectivity index (χ1n) is 8.79. The molecule has 1 N–H and O–H groups in total. The van der Waals surface area contributed by atoms with Crippen LogP contribution in [0.4, 0.5) is 0 Å². The number of aryl methyl sites for hydroxylation is 2. The van der Waals surface area contributed by atoms with Crippen LogP contribution in [0.15, 0.2) is 48.5 Å². The van der Waals surface area contributed by atoms with Gasteiger partial charge < -0.3 is 10.1 Å².